The molecule has 0 radical (unpaired) electrons. The van der Waals surface area contributed by atoms with Gasteiger partial charge in [-0.05, 0) is 48.9 Å². The van der Waals surface area contributed by atoms with E-state index in [0.717, 1.165) is 11.4 Å². The highest BCUT2D eigenvalue weighted by atomic mass is 35.5. The Labute approximate surface area is 89.3 Å². The highest BCUT2D eigenvalue weighted by molar-refractivity contribution is 6.30. The third kappa shape index (κ3) is 1.19. The van der Waals surface area contributed by atoms with E-state index in [1.807, 2.05) is 6.07 Å². The molecule has 0 bridgehead atoms. The van der Waals surface area contributed by atoms with Crippen molar-refractivity contribution >= 4 is 11.6 Å². The van der Waals surface area contributed by atoms with Gasteiger partial charge in [0.1, 0.15) is 0 Å². The molecule has 2 aliphatic rings. The van der Waals surface area contributed by atoms with Crippen LogP contribution in [0.5, 0.6) is 0 Å². The van der Waals surface area contributed by atoms with Crippen LogP contribution >= 0.6 is 11.6 Å². The van der Waals surface area contributed by atoms with Gasteiger partial charge in [-0.25, -0.2) is 0 Å². The first-order valence-electron chi connectivity index (χ1n) is 5.26. The Morgan fingerprint density at radius 1 is 1.36 bits per heavy atom. The lowest BCUT2D eigenvalue weighted by atomic mass is 9.92. The summed E-state index contributed by atoms with van der Waals surface area (Å²) in [5.41, 5.74) is 9.26. The molecule has 1 unspecified atom stereocenters. The first-order chi connectivity index (χ1) is 6.69. The van der Waals surface area contributed by atoms with Gasteiger partial charge in [-0.15, -0.1) is 0 Å². The normalized spacial score (nSPS) is 27.4. The molecule has 1 fully saturated rings. The van der Waals surface area contributed by atoms with Crippen LogP contribution in [-0.4, -0.2) is 5.54 Å². The van der Waals surface area contributed by atoms with Crippen molar-refractivity contribution in [2.45, 2.75) is 37.1 Å². The molecule has 1 saturated carbocycles. The number of hydrogen-bond donors (Lipinski definition) is 1. The van der Waals surface area contributed by atoms with E-state index in [0.29, 0.717) is 5.92 Å². The summed E-state index contributed by atoms with van der Waals surface area (Å²) in [7, 11) is 0. The van der Waals surface area contributed by atoms with Crippen LogP contribution in [0.25, 0.3) is 0 Å². The van der Waals surface area contributed by atoms with Crippen LogP contribution in [0.15, 0.2) is 18.2 Å². The molecule has 1 aromatic rings. The quantitative estimate of drug-likeness (QED) is 0.753. The maximum absolute atomic E-state index is 6.27. The molecule has 2 aliphatic carbocycles. The Kier molecular flexibility index (Phi) is 1.71. The maximum atomic E-state index is 6.27. The first-order valence-corrected chi connectivity index (χ1v) is 5.64. The smallest absolute Gasteiger partial charge is 0.0408 e. The molecule has 0 spiro atoms. The summed E-state index contributed by atoms with van der Waals surface area (Å²) < 4.78 is 0. The van der Waals surface area contributed by atoms with E-state index in [1.165, 1.54) is 30.4 Å². The molecule has 14 heavy (non-hydrogen) atoms. The van der Waals surface area contributed by atoms with Gasteiger partial charge in [-0.1, -0.05) is 17.7 Å². The highest BCUT2D eigenvalue weighted by Gasteiger charge is 2.48. The van der Waals surface area contributed by atoms with Crippen LogP contribution in [-0.2, 0) is 6.42 Å². The van der Waals surface area contributed by atoms with Gasteiger partial charge in [0, 0.05) is 16.5 Å². The minimum atomic E-state index is 0.124. The van der Waals surface area contributed by atoms with Gasteiger partial charge in [-0.2, -0.15) is 0 Å². The van der Waals surface area contributed by atoms with E-state index >= 15 is 0 Å². The van der Waals surface area contributed by atoms with Crippen molar-refractivity contribution in [3.05, 3.63) is 34.3 Å². The number of benzene rings is 1. The monoisotopic (exact) mass is 207 g/mol. The van der Waals surface area contributed by atoms with Gasteiger partial charge in [0.05, 0.1) is 0 Å². The Morgan fingerprint density at radius 2 is 2.14 bits per heavy atom. The predicted octanol–water partition coefficient (Wildman–Crippen LogP) is 2.86. The van der Waals surface area contributed by atoms with Gasteiger partial charge < -0.3 is 5.73 Å². The average molecular weight is 208 g/mol. The summed E-state index contributed by atoms with van der Waals surface area (Å²) >= 11 is 5.97. The van der Waals surface area contributed by atoms with Gasteiger partial charge in [-0.3, -0.25) is 0 Å². The molecule has 0 saturated heterocycles. The summed E-state index contributed by atoms with van der Waals surface area (Å²) in [5.74, 6) is 0.592. The maximum Gasteiger partial charge on any atom is 0.0408 e. The van der Waals surface area contributed by atoms with Crippen molar-refractivity contribution in [2.75, 3.05) is 0 Å². The molecule has 0 heterocycles. The summed E-state index contributed by atoms with van der Waals surface area (Å²) in [4.78, 5) is 0. The number of fused-ring (bicyclic) bond motifs is 1. The second-order valence-corrected chi connectivity index (χ2v) is 5.10. The zero-order chi connectivity index (χ0) is 9.76. The summed E-state index contributed by atoms with van der Waals surface area (Å²) in [6.07, 6.45) is 4.76. The third-order valence-electron chi connectivity index (χ3n) is 3.70. The lowest BCUT2D eigenvalue weighted by Crippen LogP contribution is -2.29. The molecular weight excluding hydrogens is 194 g/mol. The predicted molar refractivity (Wildman–Crippen MR) is 58.7 cm³/mol. The SMILES string of the molecule is NC1(C2CCc3cc(Cl)ccc32)CC1. The van der Waals surface area contributed by atoms with Crippen LogP contribution in [0.2, 0.25) is 5.02 Å². The molecular formula is C12H14ClN. The van der Waals surface area contributed by atoms with Gasteiger partial charge in [0.15, 0.2) is 0 Å². The van der Waals surface area contributed by atoms with E-state index in [9.17, 15) is 0 Å². The largest absolute Gasteiger partial charge is 0.325 e. The molecule has 2 heteroatoms. The lowest BCUT2D eigenvalue weighted by molar-refractivity contribution is 0.516. The minimum Gasteiger partial charge on any atom is -0.325 e. The number of halogens is 1. The van der Waals surface area contributed by atoms with E-state index in [1.54, 1.807) is 0 Å². The van der Waals surface area contributed by atoms with Crippen LogP contribution in [0.4, 0.5) is 0 Å². The molecule has 1 atom stereocenters. The molecule has 0 aromatic heterocycles. The molecule has 1 nitrogen and oxygen atoms in total. The lowest BCUT2D eigenvalue weighted by Gasteiger charge is -2.18. The Bertz CT molecular complexity index is 382. The number of nitrogens with two attached hydrogens (primary N) is 1. The Hall–Kier alpha value is -0.530. The Balaban J connectivity index is 2.02. The summed E-state index contributed by atoms with van der Waals surface area (Å²) in [6, 6.07) is 6.26. The van der Waals surface area contributed by atoms with Gasteiger partial charge in [0.25, 0.3) is 0 Å². The van der Waals surface area contributed by atoms with E-state index in [-0.39, 0.29) is 5.54 Å². The zero-order valence-corrected chi connectivity index (χ0v) is 8.85. The fourth-order valence-electron chi connectivity index (χ4n) is 2.68. The van der Waals surface area contributed by atoms with Crippen molar-refractivity contribution in [1.29, 1.82) is 0 Å². The van der Waals surface area contributed by atoms with E-state index in [2.05, 4.69) is 12.1 Å². The fourth-order valence-corrected chi connectivity index (χ4v) is 2.87. The highest BCUT2D eigenvalue weighted by Crippen LogP contribution is 2.51. The third-order valence-corrected chi connectivity index (χ3v) is 3.94. The van der Waals surface area contributed by atoms with Crippen LogP contribution in [0, 0.1) is 0 Å². The summed E-state index contributed by atoms with van der Waals surface area (Å²) in [5, 5.41) is 0.853. The summed E-state index contributed by atoms with van der Waals surface area (Å²) in [6.45, 7) is 0. The number of aryl methyl sites for hydroxylation is 1. The van der Waals surface area contributed by atoms with Crippen LogP contribution < -0.4 is 5.73 Å². The molecule has 1 aromatic carbocycles. The number of hydrogen-bond acceptors (Lipinski definition) is 1. The van der Waals surface area contributed by atoms with E-state index in [4.69, 9.17) is 17.3 Å². The van der Waals surface area contributed by atoms with Crippen molar-refractivity contribution < 1.29 is 0 Å². The zero-order valence-electron chi connectivity index (χ0n) is 8.09. The van der Waals surface area contributed by atoms with Crippen LogP contribution in [0.3, 0.4) is 0 Å². The standard InChI is InChI=1S/C12H14ClN/c13-9-2-3-10-8(7-9)1-4-11(10)12(14)5-6-12/h2-3,7,11H,1,4-6,14H2. The second kappa shape index (κ2) is 2.74. The van der Waals surface area contributed by atoms with Crippen molar-refractivity contribution in [3.8, 4) is 0 Å². The fraction of sp³-hybridized carbons (Fsp3) is 0.500. The Morgan fingerprint density at radius 3 is 2.86 bits per heavy atom. The van der Waals surface area contributed by atoms with Crippen molar-refractivity contribution in [1.82, 2.24) is 0 Å². The van der Waals surface area contributed by atoms with E-state index < -0.39 is 0 Å². The topological polar surface area (TPSA) is 26.0 Å². The van der Waals surface area contributed by atoms with Crippen LogP contribution in [0.1, 0.15) is 36.3 Å². The average Bonchev–Trinajstić information content (AvgIpc) is 2.77. The molecule has 3 rings (SSSR count). The minimum absolute atomic E-state index is 0.124. The number of rotatable bonds is 1. The van der Waals surface area contributed by atoms with Gasteiger partial charge >= 0.3 is 0 Å². The first kappa shape index (κ1) is 8.75. The molecule has 2 N–H and O–H groups in total. The molecule has 74 valence electrons. The van der Waals surface area contributed by atoms with Gasteiger partial charge in [0.2, 0.25) is 0 Å². The molecule has 0 aliphatic heterocycles. The van der Waals surface area contributed by atoms with Crippen molar-refractivity contribution in [2.24, 2.45) is 5.73 Å². The van der Waals surface area contributed by atoms with Crippen molar-refractivity contribution in [3.63, 3.8) is 0 Å². The molecule has 0 amide bonds. The second-order valence-electron chi connectivity index (χ2n) is 4.67.